The van der Waals surface area contributed by atoms with Crippen molar-refractivity contribution in [2.75, 3.05) is 0 Å². The summed E-state index contributed by atoms with van der Waals surface area (Å²) in [6.45, 7) is 21.4. The quantitative estimate of drug-likeness (QED) is 0.132. The van der Waals surface area contributed by atoms with E-state index in [1.165, 1.54) is 33.4 Å². The number of hydrogen-bond donors (Lipinski definition) is 2. The Morgan fingerprint density at radius 1 is 0.738 bits per heavy atom. The molecule has 2 rings (SSSR count). The Morgan fingerprint density at radius 3 is 1.76 bits per heavy atom. The first-order valence-electron chi connectivity index (χ1n) is 15.8. The molecule has 0 radical (unpaired) electrons. The summed E-state index contributed by atoms with van der Waals surface area (Å²) in [5.74, 6) is 13.5. The number of allylic oxidation sites excluding steroid dienone is 12. The van der Waals surface area contributed by atoms with Crippen molar-refractivity contribution in [1.82, 2.24) is 0 Å². The highest BCUT2D eigenvalue weighted by Gasteiger charge is 2.33. The molecule has 0 fully saturated rings. The number of rotatable bonds is 8. The van der Waals surface area contributed by atoms with Gasteiger partial charge in [-0.3, -0.25) is 0 Å². The van der Waals surface area contributed by atoms with Crippen molar-refractivity contribution in [3.8, 4) is 23.7 Å². The molecule has 2 aliphatic carbocycles. The van der Waals surface area contributed by atoms with Crippen LogP contribution < -0.4 is 0 Å². The third-order valence-electron chi connectivity index (χ3n) is 8.37. The van der Waals surface area contributed by atoms with Crippen LogP contribution in [0.25, 0.3) is 0 Å². The molecule has 0 amide bonds. The maximum Gasteiger partial charge on any atom is 0.0586 e. The zero-order valence-corrected chi connectivity index (χ0v) is 28.2. The Labute approximate surface area is 258 Å². The fraction of sp³-hybridized carbons (Fsp3) is 0.550. The van der Waals surface area contributed by atoms with E-state index in [4.69, 9.17) is 0 Å². The number of hydrogen-bond acceptors (Lipinski definition) is 2. The molecule has 0 spiro atoms. The zero-order chi connectivity index (χ0) is 31.5. The SMILES string of the molecule is CC1=C(C#C/C(C)=C/C=C/C(C)=C/CC/C=C(\C)CC/C=C(\C)C#CC2=C(C)C[C@@H](O)CC2(C)C)C(C)(C)C[C@H](O)C1. The van der Waals surface area contributed by atoms with Crippen molar-refractivity contribution in [1.29, 1.82) is 0 Å². The van der Waals surface area contributed by atoms with Gasteiger partial charge in [-0.1, -0.05) is 110 Å². The van der Waals surface area contributed by atoms with Crippen LogP contribution in [0.4, 0.5) is 0 Å². The van der Waals surface area contributed by atoms with Gasteiger partial charge in [-0.05, 0) is 104 Å². The second kappa shape index (κ2) is 16.2. The summed E-state index contributed by atoms with van der Waals surface area (Å²) in [6, 6.07) is 0. The molecule has 0 aromatic rings. The summed E-state index contributed by atoms with van der Waals surface area (Å²) in [5.41, 5.74) is 9.53. The van der Waals surface area contributed by atoms with Crippen LogP contribution in [0.5, 0.6) is 0 Å². The highest BCUT2D eigenvalue weighted by molar-refractivity contribution is 5.45. The van der Waals surface area contributed by atoms with E-state index in [0.29, 0.717) is 0 Å². The molecular formula is C40H56O2. The van der Waals surface area contributed by atoms with Crippen molar-refractivity contribution in [2.45, 2.75) is 133 Å². The first-order chi connectivity index (χ1) is 19.6. The second-order valence-corrected chi connectivity index (χ2v) is 13.9. The van der Waals surface area contributed by atoms with Crippen molar-refractivity contribution >= 4 is 0 Å². The summed E-state index contributed by atoms with van der Waals surface area (Å²) in [6.07, 6.45) is 19.9. The summed E-state index contributed by atoms with van der Waals surface area (Å²) in [7, 11) is 0. The van der Waals surface area contributed by atoms with Gasteiger partial charge in [0.25, 0.3) is 0 Å². The Hall–Kier alpha value is -2.78. The largest absolute Gasteiger partial charge is 0.393 e. The Morgan fingerprint density at radius 2 is 1.24 bits per heavy atom. The van der Waals surface area contributed by atoms with E-state index in [9.17, 15) is 10.2 Å². The van der Waals surface area contributed by atoms with Crippen LogP contribution in [0.1, 0.15) is 121 Å². The second-order valence-electron chi connectivity index (χ2n) is 13.9. The van der Waals surface area contributed by atoms with Crippen molar-refractivity contribution < 1.29 is 10.2 Å². The summed E-state index contributed by atoms with van der Waals surface area (Å²) in [4.78, 5) is 0. The fourth-order valence-corrected chi connectivity index (χ4v) is 6.23. The van der Waals surface area contributed by atoms with Crippen LogP contribution in [0.15, 0.2) is 81.0 Å². The standard InChI is InChI=1S/C40H56O2/c1-29(17-13-19-31(3)21-23-37-33(5)25-35(41)27-39(37,7)8)15-11-12-16-30(2)18-14-20-32(4)22-24-38-34(6)26-36(42)28-40(38,9)10/h13,15-17,19-20,35-36,41-42H,11-12,14,18,25-28H2,1-10H3/b17-13+,29-15+,30-16+,31-19+,32-20+/t35-,36-/m1/s1. The van der Waals surface area contributed by atoms with Gasteiger partial charge in [0.05, 0.1) is 12.2 Å². The van der Waals surface area contributed by atoms with Gasteiger partial charge in [-0.2, -0.15) is 0 Å². The molecule has 0 saturated heterocycles. The molecule has 2 aliphatic rings. The minimum atomic E-state index is -0.254. The van der Waals surface area contributed by atoms with Crippen LogP contribution in [-0.2, 0) is 0 Å². The zero-order valence-electron chi connectivity index (χ0n) is 28.2. The third-order valence-corrected chi connectivity index (χ3v) is 8.37. The molecule has 0 aromatic carbocycles. The molecule has 0 saturated carbocycles. The number of aliphatic hydroxyl groups is 2. The molecule has 0 aliphatic heterocycles. The highest BCUT2D eigenvalue weighted by atomic mass is 16.3. The van der Waals surface area contributed by atoms with E-state index in [-0.39, 0.29) is 23.0 Å². The van der Waals surface area contributed by atoms with Crippen molar-refractivity contribution in [3.63, 3.8) is 0 Å². The van der Waals surface area contributed by atoms with Gasteiger partial charge in [-0.25, -0.2) is 0 Å². The Kier molecular flexibility index (Phi) is 13.6. The number of unbranched alkanes of at least 4 members (excludes halogenated alkanes) is 1. The van der Waals surface area contributed by atoms with E-state index < -0.39 is 0 Å². The number of aliphatic hydroxyl groups excluding tert-OH is 2. The summed E-state index contributed by atoms with van der Waals surface area (Å²) in [5, 5.41) is 20.2. The molecule has 2 N–H and O–H groups in total. The Bertz CT molecular complexity index is 1310. The summed E-state index contributed by atoms with van der Waals surface area (Å²) >= 11 is 0. The molecule has 2 heteroatoms. The molecule has 2 atom stereocenters. The predicted molar refractivity (Wildman–Crippen MR) is 182 cm³/mol. The topological polar surface area (TPSA) is 40.5 Å². The van der Waals surface area contributed by atoms with Gasteiger partial charge in [0.2, 0.25) is 0 Å². The molecule has 2 nitrogen and oxygen atoms in total. The van der Waals surface area contributed by atoms with E-state index in [2.05, 4.69) is 129 Å². The minimum Gasteiger partial charge on any atom is -0.393 e. The van der Waals surface area contributed by atoms with Crippen LogP contribution in [0.2, 0.25) is 0 Å². The van der Waals surface area contributed by atoms with Gasteiger partial charge in [-0.15, -0.1) is 0 Å². The average Bonchev–Trinajstić information content (AvgIpc) is 2.84. The van der Waals surface area contributed by atoms with E-state index >= 15 is 0 Å². The first kappa shape index (κ1) is 35.4. The average molecular weight is 569 g/mol. The maximum atomic E-state index is 10.1. The lowest BCUT2D eigenvalue weighted by Gasteiger charge is -2.34. The Balaban J connectivity index is 1.82. The summed E-state index contributed by atoms with van der Waals surface area (Å²) < 4.78 is 0. The molecule has 42 heavy (non-hydrogen) atoms. The van der Waals surface area contributed by atoms with Crippen LogP contribution in [-0.4, -0.2) is 22.4 Å². The first-order valence-corrected chi connectivity index (χ1v) is 15.8. The van der Waals surface area contributed by atoms with Gasteiger partial charge in [0, 0.05) is 22.0 Å². The monoisotopic (exact) mass is 568 g/mol. The van der Waals surface area contributed by atoms with Gasteiger partial charge in [0.15, 0.2) is 0 Å². The normalized spacial score (nSPS) is 23.5. The van der Waals surface area contributed by atoms with Crippen molar-refractivity contribution in [3.05, 3.63) is 81.0 Å². The molecule has 228 valence electrons. The lowest BCUT2D eigenvalue weighted by Crippen LogP contribution is -2.28. The van der Waals surface area contributed by atoms with E-state index in [0.717, 1.165) is 62.5 Å². The molecule has 0 unspecified atom stereocenters. The molecule has 0 bridgehead atoms. The van der Waals surface area contributed by atoms with E-state index in [1.807, 2.05) is 0 Å². The van der Waals surface area contributed by atoms with Crippen LogP contribution in [0.3, 0.4) is 0 Å². The molecule has 0 aromatic heterocycles. The van der Waals surface area contributed by atoms with Crippen molar-refractivity contribution in [2.24, 2.45) is 10.8 Å². The lowest BCUT2D eigenvalue weighted by atomic mass is 9.72. The van der Waals surface area contributed by atoms with Crippen LogP contribution >= 0.6 is 0 Å². The third kappa shape index (κ3) is 11.8. The van der Waals surface area contributed by atoms with E-state index in [1.54, 1.807) is 0 Å². The predicted octanol–water partition coefficient (Wildman–Crippen LogP) is 9.89. The van der Waals surface area contributed by atoms with Crippen LogP contribution in [0, 0.1) is 34.5 Å². The van der Waals surface area contributed by atoms with Gasteiger partial charge >= 0.3 is 0 Å². The lowest BCUT2D eigenvalue weighted by molar-refractivity contribution is 0.116. The van der Waals surface area contributed by atoms with Gasteiger partial charge < -0.3 is 10.2 Å². The van der Waals surface area contributed by atoms with Gasteiger partial charge in [0.1, 0.15) is 0 Å². The molecule has 0 heterocycles. The minimum absolute atomic E-state index is 0.0584. The fourth-order valence-electron chi connectivity index (χ4n) is 6.23. The maximum absolute atomic E-state index is 10.1. The highest BCUT2D eigenvalue weighted by Crippen LogP contribution is 2.40. The molecular weight excluding hydrogens is 512 g/mol. The smallest absolute Gasteiger partial charge is 0.0586 e.